The van der Waals surface area contributed by atoms with Gasteiger partial charge in [-0.2, -0.15) is 0 Å². The number of nitrogens with one attached hydrogen (secondary N) is 2. The van der Waals surface area contributed by atoms with E-state index < -0.39 is 5.91 Å². The lowest BCUT2D eigenvalue weighted by atomic mass is 10.4. The number of rotatable bonds is 5. The second-order valence-electron chi connectivity index (χ2n) is 3.36. The third kappa shape index (κ3) is 4.45. The summed E-state index contributed by atoms with van der Waals surface area (Å²) in [6.45, 7) is 2.46. The van der Waals surface area contributed by atoms with Gasteiger partial charge in [0.1, 0.15) is 11.5 Å². The summed E-state index contributed by atoms with van der Waals surface area (Å²) in [6.07, 6.45) is 3.39. The van der Waals surface area contributed by atoms with Gasteiger partial charge in [0.25, 0.3) is 5.91 Å². The minimum atomic E-state index is -0.454. The summed E-state index contributed by atoms with van der Waals surface area (Å²) in [5, 5.41) is 5.07. The van der Waals surface area contributed by atoms with Crippen molar-refractivity contribution in [2.24, 2.45) is 0 Å². The topological polar surface area (TPSA) is 110 Å². The van der Waals surface area contributed by atoms with Gasteiger partial charge in [-0.3, -0.25) is 9.59 Å². The van der Waals surface area contributed by atoms with Crippen LogP contribution in [0.3, 0.4) is 0 Å². The zero-order valence-electron chi connectivity index (χ0n) is 9.56. The van der Waals surface area contributed by atoms with Crippen LogP contribution in [0.5, 0.6) is 0 Å². The van der Waals surface area contributed by atoms with Crippen LogP contribution in [0, 0.1) is 0 Å². The fourth-order valence-corrected chi connectivity index (χ4v) is 1.03. The molecule has 0 radical (unpaired) electrons. The molecule has 17 heavy (non-hydrogen) atoms. The lowest BCUT2D eigenvalue weighted by molar-refractivity contribution is -0.120. The molecule has 0 atom stereocenters. The summed E-state index contributed by atoms with van der Waals surface area (Å²) >= 11 is 0. The van der Waals surface area contributed by atoms with E-state index in [4.69, 9.17) is 5.73 Å². The highest BCUT2D eigenvalue weighted by Gasteiger charge is 2.08. The Morgan fingerprint density at radius 1 is 1.29 bits per heavy atom. The highest BCUT2D eigenvalue weighted by Crippen LogP contribution is 1.95. The number of amides is 2. The van der Waals surface area contributed by atoms with E-state index >= 15 is 0 Å². The lowest BCUT2D eigenvalue weighted by Crippen LogP contribution is -2.37. The summed E-state index contributed by atoms with van der Waals surface area (Å²) in [5.41, 5.74) is 5.46. The van der Waals surface area contributed by atoms with Crippen LogP contribution in [-0.4, -0.2) is 34.9 Å². The van der Waals surface area contributed by atoms with Crippen LogP contribution in [0.15, 0.2) is 12.4 Å². The van der Waals surface area contributed by atoms with Gasteiger partial charge in [0.2, 0.25) is 5.91 Å². The number of aromatic nitrogens is 2. The van der Waals surface area contributed by atoms with Gasteiger partial charge in [-0.15, -0.1) is 0 Å². The molecular formula is C10H15N5O2. The highest BCUT2D eigenvalue weighted by molar-refractivity contribution is 5.94. The fraction of sp³-hybridized carbons (Fsp3) is 0.400. The molecule has 0 aliphatic heterocycles. The standard InChI is InChI=1S/C10H15N5O2/c1-2-3-12-9(16)6-15-10(17)7-4-14-8(11)5-13-7/h4-5H,2-3,6H2,1H3,(H2,11,14)(H,12,16)(H,15,17). The van der Waals surface area contributed by atoms with Gasteiger partial charge in [0, 0.05) is 6.54 Å². The van der Waals surface area contributed by atoms with E-state index in [1.165, 1.54) is 12.4 Å². The first-order valence-corrected chi connectivity index (χ1v) is 5.26. The minimum absolute atomic E-state index is 0.0785. The molecule has 7 nitrogen and oxygen atoms in total. The van der Waals surface area contributed by atoms with E-state index in [0.717, 1.165) is 6.42 Å². The van der Waals surface area contributed by atoms with E-state index in [1.54, 1.807) is 0 Å². The van der Waals surface area contributed by atoms with Crippen LogP contribution in [-0.2, 0) is 4.79 Å². The molecular weight excluding hydrogens is 222 g/mol. The van der Waals surface area contributed by atoms with E-state index in [9.17, 15) is 9.59 Å². The van der Waals surface area contributed by atoms with Crippen LogP contribution < -0.4 is 16.4 Å². The predicted molar refractivity (Wildman–Crippen MR) is 62.1 cm³/mol. The molecule has 0 aliphatic rings. The number of hydrogen-bond acceptors (Lipinski definition) is 5. The predicted octanol–water partition coefficient (Wildman–Crippen LogP) is -0.685. The first-order chi connectivity index (χ1) is 8.13. The van der Waals surface area contributed by atoms with Gasteiger partial charge < -0.3 is 16.4 Å². The molecule has 0 saturated heterocycles. The molecule has 1 aromatic heterocycles. The van der Waals surface area contributed by atoms with Gasteiger partial charge in [-0.1, -0.05) is 6.92 Å². The normalized spacial score (nSPS) is 9.71. The van der Waals surface area contributed by atoms with Crippen molar-refractivity contribution in [2.45, 2.75) is 13.3 Å². The first-order valence-electron chi connectivity index (χ1n) is 5.26. The fourth-order valence-electron chi connectivity index (χ4n) is 1.03. The molecule has 0 fully saturated rings. The Morgan fingerprint density at radius 3 is 2.65 bits per heavy atom. The van der Waals surface area contributed by atoms with Crippen LogP contribution in [0.1, 0.15) is 23.8 Å². The molecule has 0 unspecified atom stereocenters. The molecule has 1 rings (SSSR count). The Balaban J connectivity index is 2.39. The summed E-state index contributed by atoms with van der Waals surface area (Å²) < 4.78 is 0. The smallest absolute Gasteiger partial charge is 0.271 e. The zero-order chi connectivity index (χ0) is 12.7. The number of nitrogen functional groups attached to an aromatic ring is 1. The Kier molecular flexibility index (Phi) is 4.86. The van der Waals surface area contributed by atoms with Crippen molar-refractivity contribution in [1.29, 1.82) is 0 Å². The molecule has 7 heteroatoms. The van der Waals surface area contributed by atoms with Gasteiger partial charge in [-0.25, -0.2) is 9.97 Å². The average Bonchev–Trinajstić information content (AvgIpc) is 2.34. The van der Waals surface area contributed by atoms with Gasteiger partial charge in [0.05, 0.1) is 18.9 Å². The van der Waals surface area contributed by atoms with Crippen molar-refractivity contribution in [3.63, 3.8) is 0 Å². The third-order valence-corrected chi connectivity index (χ3v) is 1.89. The summed E-state index contributed by atoms with van der Waals surface area (Å²) in [5.74, 6) is -0.449. The van der Waals surface area contributed by atoms with E-state index in [1.807, 2.05) is 6.92 Å². The maximum absolute atomic E-state index is 11.5. The molecule has 0 aliphatic carbocycles. The van der Waals surface area contributed by atoms with Crippen LogP contribution in [0.4, 0.5) is 5.82 Å². The first kappa shape index (κ1) is 12.9. The summed E-state index contributed by atoms with van der Waals surface area (Å²) in [6, 6.07) is 0. The number of carbonyl (C=O) groups excluding carboxylic acids is 2. The molecule has 0 spiro atoms. The van der Waals surface area contributed by atoms with E-state index in [0.29, 0.717) is 6.54 Å². The van der Waals surface area contributed by atoms with Crippen molar-refractivity contribution in [1.82, 2.24) is 20.6 Å². The molecule has 1 heterocycles. The minimum Gasteiger partial charge on any atom is -0.382 e. The lowest BCUT2D eigenvalue weighted by Gasteiger charge is -2.05. The van der Waals surface area contributed by atoms with E-state index in [-0.39, 0.29) is 24.0 Å². The zero-order valence-corrected chi connectivity index (χ0v) is 9.56. The van der Waals surface area contributed by atoms with Crippen LogP contribution in [0.25, 0.3) is 0 Å². The number of hydrogen-bond donors (Lipinski definition) is 3. The molecule has 92 valence electrons. The Bertz CT molecular complexity index is 390. The Labute approximate surface area is 98.8 Å². The Morgan fingerprint density at radius 2 is 2.06 bits per heavy atom. The molecule has 0 aromatic carbocycles. The summed E-state index contributed by atoms with van der Waals surface area (Å²) in [4.78, 5) is 30.2. The Hall–Kier alpha value is -2.18. The largest absolute Gasteiger partial charge is 0.382 e. The van der Waals surface area contributed by atoms with Crippen molar-refractivity contribution in [3.05, 3.63) is 18.1 Å². The molecule has 0 saturated carbocycles. The highest BCUT2D eigenvalue weighted by atomic mass is 16.2. The quantitative estimate of drug-likeness (QED) is 0.628. The van der Waals surface area contributed by atoms with Crippen molar-refractivity contribution >= 4 is 17.6 Å². The number of nitrogens with two attached hydrogens (primary N) is 1. The van der Waals surface area contributed by atoms with Gasteiger partial charge >= 0.3 is 0 Å². The summed E-state index contributed by atoms with van der Waals surface area (Å²) in [7, 11) is 0. The SMILES string of the molecule is CCCNC(=O)CNC(=O)c1cnc(N)cn1. The molecule has 2 amide bonds. The van der Waals surface area contributed by atoms with Crippen molar-refractivity contribution < 1.29 is 9.59 Å². The number of anilines is 1. The number of carbonyl (C=O) groups is 2. The van der Waals surface area contributed by atoms with E-state index in [2.05, 4.69) is 20.6 Å². The molecule has 1 aromatic rings. The second kappa shape index (κ2) is 6.41. The monoisotopic (exact) mass is 237 g/mol. The number of nitrogens with zero attached hydrogens (tertiary/aromatic N) is 2. The maximum Gasteiger partial charge on any atom is 0.271 e. The van der Waals surface area contributed by atoms with Crippen LogP contribution in [0.2, 0.25) is 0 Å². The second-order valence-corrected chi connectivity index (χ2v) is 3.36. The third-order valence-electron chi connectivity index (χ3n) is 1.89. The maximum atomic E-state index is 11.5. The van der Waals surface area contributed by atoms with Gasteiger partial charge in [0.15, 0.2) is 0 Å². The molecule has 4 N–H and O–H groups in total. The van der Waals surface area contributed by atoms with Gasteiger partial charge in [-0.05, 0) is 6.42 Å². The van der Waals surface area contributed by atoms with Crippen molar-refractivity contribution in [2.75, 3.05) is 18.8 Å². The van der Waals surface area contributed by atoms with Crippen molar-refractivity contribution in [3.8, 4) is 0 Å². The molecule has 0 bridgehead atoms. The van der Waals surface area contributed by atoms with Crippen LogP contribution >= 0.6 is 0 Å². The average molecular weight is 237 g/mol.